The normalized spacial score (nSPS) is 13.1. The lowest BCUT2D eigenvalue weighted by Crippen LogP contribution is -2.33. The van der Waals surface area contributed by atoms with Gasteiger partial charge in [-0.05, 0) is 38.5 Å². The summed E-state index contributed by atoms with van der Waals surface area (Å²) in [5.41, 5.74) is 8.32. The highest BCUT2D eigenvalue weighted by molar-refractivity contribution is 5.80. The number of benzene rings is 1. The van der Waals surface area contributed by atoms with Crippen molar-refractivity contribution in [1.82, 2.24) is 9.55 Å². The van der Waals surface area contributed by atoms with Crippen LogP contribution in [0.1, 0.15) is 46.9 Å². The Morgan fingerprint density at radius 2 is 1.85 bits per heavy atom. The summed E-state index contributed by atoms with van der Waals surface area (Å²) < 4.78 is 2.25. The smallest absolute Gasteiger partial charge is 0.115 e. The zero-order chi connectivity index (χ0) is 15.1. The molecule has 1 aromatic carbocycles. The Balaban J connectivity index is 2.78. The first-order valence-corrected chi connectivity index (χ1v) is 7.06. The Labute approximate surface area is 120 Å². The Bertz CT molecular complexity index is 620. The van der Waals surface area contributed by atoms with E-state index in [9.17, 15) is 5.11 Å². The number of aliphatic hydroxyl groups is 1. The summed E-state index contributed by atoms with van der Waals surface area (Å²) in [6.45, 7) is 10.9. The fraction of sp³-hybridized carbons (Fsp3) is 0.562. The molecule has 2 aromatic rings. The highest BCUT2D eigenvalue weighted by Crippen LogP contribution is 2.34. The number of nitrogens with two attached hydrogens (primary N) is 1. The second kappa shape index (κ2) is 4.77. The standard InChI is InChI=1S/C16H25N3O/c1-15(2,3)14-18-12-10-11(17)6-7-13(12)19(14)16(4,5)8-9-20/h6-7,10,20H,8-9,17H2,1-5H3. The molecule has 0 saturated heterocycles. The van der Waals surface area contributed by atoms with Gasteiger partial charge < -0.3 is 15.4 Å². The lowest BCUT2D eigenvalue weighted by molar-refractivity contribution is 0.209. The third kappa shape index (κ3) is 2.52. The van der Waals surface area contributed by atoms with Gasteiger partial charge in [0.1, 0.15) is 5.82 Å². The van der Waals surface area contributed by atoms with Gasteiger partial charge in [0.2, 0.25) is 0 Å². The second-order valence-corrected chi connectivity index (χ2v) is 7.06. The first-order valence-electron chi connectivity index (χ1n) is 7.06. The van der Waals surface area contributed by atoms with Crippen LogP contribution in [0.3, 0.4) is 0 Å². The van der Waals surface area contributed by atoms with Crippen molar-refractivity contribution < 1.29 is 5.11 Å². The van der Waals surface area contributed by atoms with E-state index < -0.39 is 0 Å². The molecule has 0 aliphatic carbocycles. The minimum atomic E-state index is -0.192. The van der Waals surface area contributed by atoms with E-state index in [-0.39, 0.29) is 17.6 Å². The van der Waals surface area contributed by atoms with Crippen molar-refractivity contribution in [3.8, 4) is 0 Å². The molecule has 0 fully saturated rings. The molecule has 1 aromatic heterocycles. The number of aliphatic hydroxyl groups excluding tert-OH is 1. The molecular weight excluding hydrogens is 250 g/mol. The number of imidazole rings is 1. The quantitative estimate of drug-likeness (QED) is 0.846. The largest absolute Gasteiger partial charge is 0.399 e. The molecular formula is C16H25N3O. The molecule has 0 amide bonds. The SMILES string of the molecule is CC(C)(C)c1nc2cc(N)ccc2n1C(C)(C)CCO. The van der Waals surface area contributed by atoms with Gasteiger partial charge in [0, 0.05) is 23.2 Å². The first kappa shape index (κ1) is 14.9. The molecule has 3 N–H and O–H groups in total. The number of anilines is 1. The molecule has 0 spiro atoms. The summed E-state index contributed by atoms with van der Waals surface area (Å²) in [5.74, 6) is 1.02. The summed E-state index contributed by atoms with van der Waals surface area (Å²) in [5, 5.41) is 9.36. The van der Waals surface area contributed by atoms with E-state index in [0.717, 1.165) is 22.5 Å². The van der Waals surface area contributed by atoms with Crippen molar-refractivity contribution in [2.24, 2.45) is 0 Å². The fourth-order valence-corrected chi connectivity index (χ4v) is 2.60. The van der Waals surface area contributed by atoms with Crippen LogP contribution in [0.4, 0.5) is 5.69 Å². The van der Waals surface area contributed by atoms with E-state index in [1.807, 2.05) is 18.2 Å². The van der Waals surface area contributed by atoms with Gasteiger partial charge in [0.25, 0.3) is 0 Å². The molecule has 0 unspecified atom stereocenters. The molecule has 0 aliphatic rings. The van der Waals surface area contributed by atoms with Crippen molar-refractivity contribution in [3.63, 3.8) is 0 Å². The lowest BCUT2D eigenvalue weighted by Gasteiger charge is -2.32. The zero-order valence-corrected chi connectivity index (χ0v) is 13.1. The third-order valence-corrected chi connectivity index (χ3v) is 3.68. The van der Waals surface area contributed by atoms with Gasteiger partial charge in [-0.15, -0.1) is 0 Å². The minimum absolute atomic E-state index is 0.0689. The van der Waals surface area contributed by atoms with Gasteiger partial charge in [-0.25, -0.2) is 4.98 Å². The van der Waals surface area contributed by atoms with Crippen LogP contribution in [0.5, 0.6) is 0 Å². The minimum Gasteiger partial charge on any atom is -0.399 e. The van der Waals surface area contributed by atoms with Crippen LogP contribution >= 0.6 is 0 Å². The van der Waals surface area contributed by atoms with Crippen LogP contribution in [-0.2, 0) is 11.0 Å². The molecule has 0 radical (unpaired) electrons. The second-order valence-electron chi connectivity index (χ2n) is 7.06. The Morgan fingerprint density at radius 1 is 1.20 bits per heavy atom. The summed E-state index contributed by atoms with van der Waals surface area (Å²) in [4.78, 5) is 4.79. The molecule has 4 nitrogen and oxygen atoms in total. The summed E-state index contributed by atoms with van der Waals surface area (Å²) >= 11 is 0. The van der Waals surface area contributed by atoms with Crippen LogP contribution in [0, 0.1) is 0 Å². The van der Waals surface area contributed by atoms with Crippen molar-refractivity contribution in [2.45, 2.75) is 52.0 Å². The number of rotatable bonds is 3. The van der Waals surface area contributed by atoms with E-state index >= 15 is 0 Å². The van der Waals surface area contributed by atoms with Crippen molar-refractivity contribution in [2.75, 3.05) is 12.3 Å². The van der Waals surface area contributed by atoms with Crippen LogP contribution < -0.4 is 5.73 Å². The van der Waals surface area contributed by atoms with Crippen molar-refractivity contribution in [3.05, 3.63) is 24.0 Å². The number of aromatic nitrogens is 2. The lowest BCUT2D eigenvalue weighted by atomic mass is 9.92. The van der Waals surface area contributed by atoms with E-state index in [0.29, 0.717) is 6.42 Å². The molecule has 0 aliphatic heterocycles. The topological polar surface area (TPSA) is 64.1 Å². The molecule has 0 atom stereocenters. The first-order chi connectivity index (χ1) is 9.16. The molecule has 1 heterocycles. The summed E-state index contributed by atoms with van der Waals surface area (Å²) in [7, 11) is 0. The molecule has 0 saturated carbocycles. The predicted octanol–water partition coefficient (Wildman–Crippen LogP) is 3.03. The van der Waals surface area contributed by atoms with Gasteiger partial charge >= 0.3 is 0 Å². The molecule has 20 heavy (non-hydrogen) atoms. The average molecular weight is 275 g/mol. The highest BCUT2D eigenvalue weighted by atomic mass is 16.3. The Hall–Kier alpha value is -1.55. The monoisotopic (exact) mass is 275 g/mol. The van der Waals surface area contributed by atoms with Gasteiger partial charge in [0.15, 0.2) is 0 Å². The highest BCUT2D eigenvalue weighted by Gasteiger charge is 2.30. The van der Waals surface area contributed by atoms with E-state index in [1.165, 1.54) is 0 Å². The maximum atomic E-state index is 9.36. The average Bonchev–Trinajstić information content (AvgIpc) is 2.67. The maximum Gasteiger partial charge on any atom is 0.115 e. The molecule has 0 bridgehead atoms. The number of hydrogen-bond donors (Lipinski definition) is 2. The van der Waals surface area contributed by atoms with Crippen LogP contribution in [0.25, 0.3) is 11.0 Å². The van der Waals surface area contributed by atoms with Crippen molar-refractivity contribution in [1.29, 1.82) is 0 Å². The zero-order valence-electron chi connectivity index (χ0n) is 13.1. The van der Waals surface area contributed by atoms with Gasteiger partial charge in [-0.2, -0.15) is 0 Å². The molecule has 110 valence electrons. The number of nitrogen functional groups attached to an aromatic ring is 1. The Morgan fingerprint density at radius 3 is 2.40 bits per heavy atom. The van der Waals surface area contributed by atoms with E-state index in [4.69, 9.17) is 10.7 Å². The predicted molar refractivity (Wildman–Crippen MR) is 83.9 cm³/mol. The number of fused-ring (bicyclic) bond motifs is 1. The van der Waals surface area contributed by atoms with E-state index in [1.54, 1.807) is 0 Å². The van der Waals surface area contributed by atoms with Gasteiger partial charge in [-0.3, -0.25) is 0 Å². The molecule has 4 heteroatoms. The summed E-state index contributed by atoms with van der Waals surface area (Å²) in [6.07, 6.45) is 0.686. The van der Waals surface area contributed by atoms with Crippen LogP contribution in [0.15, 0.2) is 18.2 Å². The van der Waals surface area contributed by atoms with Gasteiger partial charge in [-0.1, -0.05) is 20.8 Å². The third-order valence-electron chi connectivity index (χ3n) is 3.68. The number of nitrogens with zero attached hydrogens (tertiary/aromatic N) is 2. The van der Waals surface area contributed by atoms with Crippen LogP contribution in [0.2, 0.25) is 0 Å². The maximum absolute atomic E-state index is 9.36. The van der Waals surface area contributed by atoms with Gasteiger partial charge in [0.05, 0.1) is 11.0 Å². The Kier molecular flexibility index (Phi) is 3.54. The van der Waals surface area contributed by atoms with E-state index in [2.05, 4.69) is 39.2 Å². The summed E-state index contributed by atoms with van der Waals surface area (Å²) in [6, 6.07) is 5.84. The fourth-order valence-electron chi connectivity index (χ4n) is 2.60. The number of hydrogen-bond acceptors (Lipinski definition) is 3. The molecule has 2 rings (SSSR count). The van der Waals surface area contributed by atoms with Crippen LogP contribution in [-0.4, -0.2) is 21.3 Å². The van der Waals surface area contributed by atoms with Crippen molar-refractivity contribution >= 4 is 16.7 Å².